The summed E-state index contributed by atoms with van der Waals surface area (Å²) < 4.78 is 10.4. The SMILES string of the molecule is CCCCCCCCC=CCCCc1ccccc1C1=C(CCCC)C(CCCC)=C(c2cccc(CCCCC)c2)[N+]1=[N-].C[O][Ni][O]C. The molecule has 5 heteroatoms. The second-order valence-electron chi connectivity index (χ2n) is 13.2. The number of benzene rings is 2. The fourth-order valence-corrected chi connectivity index (χ4v) is 6.80. The van der Waals surface area contributed by atoms with Gasteiger partial charge in [0, 0.05) is 22.3 Å². The van der Waals surface area contributed by atoms with E-state index in [0.717, 1.165) is 96.2 Å². The third-order valence-corrected chi connectivity index (χ3v) is 9.60. The van der Waals surface area contributed by atoms with Crippen LogP contribution in [0.3, 0.4) is 0 Å². The molecule has 0 fully saturated rings. The number of nitrogens with zero attached hydrogens (tertiary/aromatic N) is 2. The molecule has 2 aromatic carbocycles. The molecule has 0 aromatic heterocycles. The molecule has 0 unspecified atom stereocenters. The zero-order valence-electron chi connectivity index (χ0n) is 31.9. The van der Waals surface area contributed by atoms with Crippen molar-refractivity contribution in [1.29, 1.82) is 0 Å². The van der Waals surface area contributed by atoms with Gasteiger partial charge in [-0.3, -0.25) is 0 Å². The second-order valence-corrected chi connectivity index (χ2v) is 14.2. The van der Waals surface area contributed by atoms with E-state index in [1.54, 1.807) is 18.9 Å². The average molecular weight is 716 g/mol. The molecule has 0 atom stereocenters. The Bertz CT molecular complexity index is 1290. The van der Waals surface area contributed by atoms with E-state index in [0.29, 0.717) is 0 Å². The van der Waals surface area contributed by atoms with Gasteiger partial charge in [0.25, 0.3) is 0 Å². The van der Waals surface area contributed by atoms with Crippen LogP contribution in [0.5, 0.6) is 0 Å². The molecule has 0 spiro atoms. The molecule has 0 saturated heterocycles. The summed E-state index contributed by atoms with van der Waals surface area (Å²) in [6.45, 7) is 9.09. The molecule has 0 N–H and O–H groups in total. The van der Waals surface area contributed by atoms with E-state index in [2.05, 4.69) is 96.1 Å². The van der Waals surface area contributed by atoms with Crippen LogP contribution < -0.4 is 0 Å². The Balaban J connectivity index is 0.00000155. The fraction of sp³-hybridized carbons (Fsp3) is 0.591. The molecular weight excluding hydrogens is 647 g/mol. The Morgan fingerprint density at radius 3 is 1.84 bits per heavy atom. The topological polar surface area (TPSA) is 43.8 Å². The monoisotopic (exact) mass is 714 g/mol. The molecule has 4 nitrogen and oxygen atoms in total. The summed E-state index contributed by atoms with van der Waals surface area (Å²) in [4.78, 5) is 0. The molecule has 1 aliphatic heterocycles. The van der Waals surface area contributed by atoms with Gasteiger partial charge in [-0.05, 0) is 100.0 Å². The molecule has 1 heterocycles. The van der Waals surface area contributed by atoms with Crippen molar-refractivity contribution in [3.63, 3.8) is 0 Å². The Hall–Kier alpha value is -2.33. The van der Waals surface area contributed by atoms with Crippen molar-refractivity contribution in [2.75, 3.05) is 14.2 Å². The number of unbranched alkanes of at least 4 members (excludes halogenated alkanes) is 11. The molecule has 276 valence electrons. The summed E-state index contributed by atoms with van der Waals surface area (Å²) in [5, 5.41) is 0. The first-order valence-corrected chi connectivity index (χ1v) is 20.3. The minimum atomic E-state index is 0.819. The van der Waals surface area contributed by atoms with E-state index in [4.69, 9.17) is 0 Å². The van der Waals surface area contributed by atoms with Crippen LogP contribution in [-0.4, -0.2) is 18.9 Å². The van der Waals surface area contributed by atoms with Crippen LogP contribution in [-0.2, 0) is 35.7 Å². The van der Waals surface area contributed by atoms with Gasteiger partial charge < -0.3 is 5.53 Å². The van der Waals surface area contributed by atoms with Gasteiger partial charge in [-0.1, -0.05) is 128 Å². The van der Waals surface area contributed by atoms with Crippen molar-refractivity contribution in [3.8, 4) is 0 Å². The van der Waals surface area contributed by atoms with Gasteiger partial charge in [-0.15, -0.1) is 0 Å². The van der Waals surface area contributed by atoms with Gasteiger partial charge in [0.2, 0.25) is 11.4 Å². The normalized spacial score (nSPS) is 13.2. The summed E-state index contributed by atoms with van der Waals surface area (Å²) in [5.41, 5.74) is 22.0. The van der Waals surface area contributed by atoms with Crippen LogP contribution in [0.4, 0.5) is 0 Å². The van der Waals surface area contributed by atoms with Crippen molar-refractivity contribution in [1.82, 2.24) is 0 Å². The van der Waals surface area contributed by atoms with Crippen molar-refractivity contribution in [3.05, 3.63) is 99.6 Å². The van der Waals surface area contributed by atoms with E-state index in [9.17, 15) is 5.53 Å². The summed E-state index contributed by atoms with van der Waals surface area (Å²) in [6, 6.07) is 17.8. The minimum absolute atomic E-state index is 0.819. The zero-order valence-corrected chi connectivity index (χ0v) is 32.9. The Morgan fingerprint density at radius 1 is 0.592 bits per heavy atom. The Kier molecular flexibility index (Phi) is 24.0. The second kappa shape index (κ2) is 27.4. The molecule has 2 aromatic rings. The van der Waals surface area contributed by atoms with Crippen LogP contribution in [0.15, 0.2) is 71.8 Å². The van der Waals surface area contributed by atoms with E-state index in [1.165, 1.54) is 92.0 Å². The molecule has 0 aliphatic carbocycles. The van der Waals surface area contributed by atoms with E-state index >= 15 is 0 Å². The van der Waals surface area contributed by atoms with Crippen molar-refractivity contribution < 1.29 is 27.5 Å². The van der Waals surface area contributed by atoms with Gasteiger partial charge in [0.1, 0.15) is 0 Å². The summed E-state index contributed by atoms with van der Waals surface area (Å²) in [7, 11) is 3.12. The molecule has 0 amide bonds. The molecule has 1 aliphatic rings. The van der Waals surface area contributed by atoms with Crippen LogP contribution in [0, 0.1) is 0 Å². The number of hydrogen-bond donors (Lipinski definition) is 0. The molecule has 0 bridgehead atoms. The number of rotatable bonds is 25. The fourth-order valence-electron chi connectivity index (χ4n) is 6.64. The van der Waals surface area contributed by atoms with Gasteiger partial charge >= 0.3 is 37.1 Å². The molecule has 3 rings (SSSR count). The number of aryl methyl sites for hydroxylation is 2. The Morgan fingerprint density at radius 2 is 1.18 bits per heavy atom. The first-order chi connectivity index (χ1) is 24.1. The predicted octanol–water partition coefficient (Wildman–Crippen LogP) is 13.8. The third-order valence-electron chi connectivity index (χ3n) is 9.28. The molecule has 0 saturated carbocycles. The van der Waals surface area contributed by atoms with Crippen molar-refractivity contribution in [2.45, 2.75) is 156 Å². The molecular formula is C44H68N2NiO2. The van der Waals surface area contributed by atoms with Crippen LogP contribution in [0.2, 0.25) is 0 Å². The number of allylic oxidation sites excluding steroid dienone is 4. The van der Waals surface area contributed by atoms with Gasteiger partial charge in [-0.2, -0.15) is 0 Å². The predicted molar refractivity (Wildman–Crippen MR) is 207 cm³/mol. The third kappa shape index (κ3) is 15.6. The van der Waals surface area contributed by atoms with Crippen molar-refractivity contribution >= 4 is 11.4 Å². The maximum absolute atomic E-state index is 12.1. The maximum atomic E-state index is 12.1. The van der Waals surface area contributed by atoms with Gasteiger partial charge in [-0.25, -0.2) is 4.70 Å². The Labute approximate surface area is 307 Å². The quantitative estimate of drug-likeness (QED) is 0.0445. The molecule has 0 radical (unpaired) electrons. The number of hydrogen-bond acceptors (Lipinski definition) is 2. The van der Waals surface area contributed by atoms with E-state index < -0.39 is 0 Å². The first kappa shape index (κ1) is 42.8. The van der Waals surface area contributed by atoms with E-state index in [1.807, 2.05) is 0 Å². The van der Waals surface area contributed by atoms with E-state index in [-0.39, 0.29) is 0 Å². The first-order valence-electron chi connectivity index (χ1n) is 19.5. The van der Waals surface area contributed by atoms with Crippen molar-refractivity contribution in [2.24, 2.45) is 0 Å². The van der Waals surface area contributed by atoms with Crippen LogP contribution >= 0.6 is 0 Å². The van der Waals surface area contributed by atoms with Crippen LogP contribution in [0.25, 0.3) is 16.9 Å². The van der Waals surface area contributed by atoms with Gasteiger partial charge in [0.15, 0.2) is 0 Å². The average Bonchev–Trinajstić information content (AvgIpc) is 3.39. The summed E-state index contributed by atoms with van der Waals surface area (Å²) >= 11 is 0.819. The standard InChI is InChI=1S/C42H62N2.2CH3O.Ni/c1-5-9-13-14-15-16-17-18-19-20-22-28-36-29-23-24-33-38(36)42-40(32-12-8-4)39(31-11-7-3)41(44(42)43)37-30-25-27-35(34-37)26-21-10-6-2;2*1-2;/h18-19,23-25,27,29-30,33-34H,5-17,20-22,26,28,31-32H2,1-4H3;2*1H3;/q;2*-1;+2. The zero-order chi connectivity index (χ0) is 35.5. The summed E-state index contributed by atoms with van der Waals surface area (Å²) in [5.74, 6) is 0. The molecule has 49 heavy (non-hydrogen) atoms. The van der Waals surface area contributed by atoms with Gasteiger partial charge in [0.05, 0.1) is 0 Å². The van der Waals surface area contributed by atoms with Crippen LogP contribution in [0.1, 0.15) is 166 Å². The summed E-state index contributed by atoms with van der Waals surface area (Å²) in [6.07, 6.45) is 28.9.